The molecule has 4 N–H and O–H groups in total. The number of oxime groups is 1. The molecule has 0 saturated carbocycles. The second-order valence-corrected chi connectivity index (χ2v) is 4.04. The van der Waals surface area contributed by atoms with Crippen molar-refractivity contribution in [3.05, 3.63) is 23.8 Å². The zero-order valence-electron chi connectivity index (χ0n) is 11.5. The molecule has 1 amide bonds. The van der Waals surface area contributed by atoms with E-state index in [4.69, 9.17) is 20.4 Å². The minimum atomic E-state index is -0.128. The van der Waals surface area contributed by atoms with Gasteiger partial charge in [-0.2, -0.15) is 0 Å². The number of benzene rings is 1. The Labute approximate surface area is 117 Å². The fourth-order valence-corrected chi connectivity index (χ4v) is 1.60. The number of nitrogens with one attached hydrogen (secondary N) is 1. The smallest absolute Gasteiger partial charge is 0.224 e. The number of anilines is 1. The molecule has 0 aliphatic rings. The number of nitrogens with zero attached hydrogens (tertiary/aromatic N) is 1. The van der Waals surface area contributed by atoms with Crippen molar-refractivity contribution in [1.29, 1.82) is 0 Å². The van der Waals surface area contributed by atoms with E-state index in [0.29, 0.717) is 36.4 Å². The summed E-state index contributed by atoms with van der Waals surface area (Å²) in [6.07, 6.45) is 1.01. The maximum absolute atomic E-state index is 11.7. The predicted octanol–water partition coefficient (Wildman–Crippen LogP) is 1.15. The van der Waals surface area contributed by atoms with Crippen LogP contribution in [0.3, 0.4) is 0 Å². The van der Waals surface area contributed by atoms with Gasteiger partial charge >= 0.3 is 0 Å². The Kier molecular flexibility index (Phi) is 6.31. The number of amidine groups is 1. The molecule has 0 bridgehead atoms. The molecular formula is C13H19N3O4. The van der Waals surface area contributed by atoms with E-state index in [1.54, 1.807) is 25.3 Å². The second kappa shape index (κ2) is 8.00. The number of carbonyl (C=O) groups excluding carboxylic acids is 1. The highest BCUT2D eigenvalue weighted by atomic mass is 16.5. The number of carbonyl (C=O) groups is 1. The Hall–Kier alpha value is -2.28. The van der Waals surface area contributed by atoms with Gasteiger partial charge < -0.3 is 25.7 Å². The molecule has 0 atom stereocenters. The van der Waals surface area contributed by atoms with Crippen LogP contribution < -0.4 is 15.8 Å². The monoisotopic (exact) mass is 281 g/mol. The van der Waals surface area contributed by atoms with Crippen molar-refractivity contribution in [3.63, 3.8) is 0 Å². The van der Waals surface area contributed by atoms with E-state index >= 15 is 0 Å². The lowest BCUT2D eigenvalue weighted by molar-refractivity contribution is -0.116. The Morgan fingerprint density at radius 3 is 2.80 bits per heavy atom. The van der Waals surface area contributed by atoms with Crippen molar-refractivity contribution in [2.45, 2.75) is 12.8 Å². The van der Waals surface area contributed by atoms with Gasteiger partial charge in [-0.1, -0.05) is 5.16 Å². The van der Waals surface area contributed by atoms with Crippen LogP contribution in [0.1, 0.15) is 18.4 Å². The van der Waals surface area contributed by atoms with Gasteiger partial charge in [0.2, 0.25) is 5.91 Å². The number of ether oxygens (including phenoxy) is 2. The molecule has 1 aromatic carbocycles. The average molecular weight is 281 g/mol. The molecule has 0 heterocycles. The lowest BCUT2D eigenvalue weighted by Crippen LogP contribution is -2.15. The predicted molar refractivity (Wildman–Crippen MR) is 75.2 cm³/mol. The fourth-order valence-electron chi connectivity index (χ4n) is 1.60. The molecule has 1 rings (SSSR count). The van der Waals surface area contributed by atoms with Crippen molar-refractivity contribution in [2.24, 2.45) is 10.9 Å². The van der Waals surface area contributed by atoms with E-state index in [1.807, 2.05) is 0 Å². The number of nitrogens with two attached hydrogens (primary N) is 1. The summed E-state index contributed by atoms with van der Waals surface area (Å²) in [6.45, 7) is 0.535. The third-order valence-corrected chi connectivity index (χ3v) is 2.63. The Morgan fingerprint density at radius 1 is 1.45 bits per heavy atom. The summed E-state index contributed by atoms with van der Waals surface area (Å²) in [4.78, 5) is 11.7. The van der Waals surface area contributed by atoms with Crippen molar-refractivity contribution in [1.82, 2.24) is 0 Å². The fraction of sp³-hybridized carbons (Fsp3) is 0.385. The van der Waals surface area contributed by atoms with Crippen molar-refractivity contribution in [2.75, 3.05) is 26.1 Å². The summed E-state index contributed by atoms with van der Waals surface area (Å²) in [5, 5.41) is 14.3. The van der Waals surface area contributed by atoms with E-state index in [1.165, 1.54) is 7.11 Å². The normalized spacial score (nSPS) is 11.2. The van der Waals surface area contributed by atoms with Gasteiger partial charge in [0.25, 0.3) is 0 Å². The van der Waals surface area contributed by atoms with Crippen LogP contribution in [0.15, 0.2) is 23.4 Å². The zero-order valence-corrected chi connectivity index (χ0v) is 11.5. The third kappa shape index (κ3) is 4.43. The molecule has 110 valence electrons. The lowest BCUT2D eigenvalue weighted by Gasteiger charge is -2.11. The highest BCUT2D eigenvalue weighted by Crippen LogP contribution is 2.25. The van der Waals surface area contributed by atoms with Gasteiger partial charge in [0.1, 0.15) is 5.75 Å². The quantitative estimate of drug-likeness (QED) is 0.228. The van der Waals surface area contributed by atoms with Crippen LogP contribution in [0, 0.1) is 0 Å². The van der Waals surface area contributed by atoms with Gasteiger partial charge in [-0.3, -0.25) is 4.79 Å². The molecule has 7 heteroatoms. The van der Waals surface area contributed by atoms with Gasteiger partial charge in [-0.25, -0.2) is 0 Å². The van der Waals surface area contributed by atoms with E-state index in [2.05, 4.69) is 10.5 Å². The van der Waals surface area contributed by atoms with Gasteiger partial charge in [-0.15, -0.1) is 0 Å². The highest BCUT2D eigenvalue weighted by Gasteiger charge is 2.10. The number of hydrogen-bond donors (Lipinski definition) is 3. The lowest BCUT2D eigenvalue weighted by atomic mass is 10.1. The molecule has 0 radical (unpaired) electrons. The molecule has 0 saturated heterocycles. The molecule has 0 aliphatic carbocycles. The Morgan fingerprint density at radius 2 is 2.20 bits per heavy atom. The van der Waals surface area contributed by atoms with Crippen LogP contribution in [0.4, 0.5) is 5.69 Å². The molecule has 20 heavy (non-hydrogen) atoms. The van der Waals surface area contributed by atoms with E-state index in [-0.39, 0.29) is 11.7 Å². The van der Waals surface area contributed by atoms with E-state index in [0.717, 1.165) is 0 Å². The maximum Gasteiger partial charge on any atom is 0.224 e. The summed E-state index contributed by atoms with van der Waals surface area (Å²) >= 11 is 0. The summed E-state index contributed by atoms with van der Waals surface area (Å²) in [5.74, 6) is 0.285. The number of rotatable bonds is 7. The van der Waals surface area contributed by atoms with Crippen molar-refractivity contribution in [3.8, 4) is 5.75 Å². The van der Waals surface area contributed by atoms with Crippen LogP contribution in [-0.4, -0.2) is 37.8 Å². The van der Waals surface area contributed by atoms with Crippen LogP contribution in [0.5, 0.6) is 5.75 Å². The first kappa shape index (κ1) is 15.8. The number of amides is 1. The molecule has 7 nitrogen and oxygen atoms in total. The van der Waals surface area contributed by atoms with E-state index in [9.17, 15) is 4.79 Å². The van der Waals surface area contributed by atoms with Crippen LogP contribution >= 0.6 is 0 Å². The highest BCUT2D eigenvalue weighted by molar-refractivity contribution is 5.99. The topological polar surface area (TPSA) is 106 Å². The summed E-state index contributed by atoms with van der Waals surface area (Å²) < 4.78 is 10.1. The van der Waals surface area contributed by atoms with Crippen LogP contribution in [0.25, 0.3) is 0 Å². The van der Waals surface area contributed by atoms with Crippen LogP contribution in [0.2, 0.25) is 0 Å². The standard InChI is InChI=1S/C13H19N3O4/c1-19-7-3-4-12(17)15-10-6-5-9(13(14)16-18)8-11(10)20-2/h5-6,8,18H,3-4,7H2,1-2H3,(H2,14,16)(H,15,17). The first-order chi connectivity index (χ1) is 9.62. The largest absolute Gasteiger partial charge is 0.495 e. The summed E-state index contributed by atoms with van der Waals surface area (Å²) in [6, 6.07) is 4.85. The number of hydrogen-bond acceptors (Lipinski definition) is 5. The number of methoxy groups -OCH3 is 2. The maximum atomic E-state index is 11.7. The second-order valence-electron chi connectivity index (χ2n) is 4.04. The van der Waals surface area contributed by atoms with Gasteiger partial charge in [0.05, 0.1) is 12.8 Å². The molecule has 0 spiro atoms. The Bertz CT molecular complexity index is 489. The van der Waals surface area contributed by atoms with Crippen molar-refractivity contribution >= 4 is 17.4 Å². The van der Waals surface area contributed by atoms with E-state index < -0.39 is 0 Å². The SMILES string of the molecule is COCCCC(=O)Nc1ccc(/C(N)=N/O)cc1OC. The molecule has 0 aromatic heterocycles. The average Bonchev–Trinajstić information content (AvgIpc) is 2.47. The molecule has 0 fully saturated rings. The summed E-state index contributed by atoms with van der Waals surface area (Å²) in [7, 11) is 3.07. The molecule has 0 aliphatic heterocycles. The van der Waals surface area contributed by atoms with Crippen molar-refractivity contribution < 1.29 is 19.5 Å². The van der Waals surface area contributed by atoms with Crippen LogP contribution in [-0.2, 0) is 9.53 Å². The molecular weight excluding hydrogens is 262 g/mol. The zero-order chi connectivity index (χ0) is 15.0. The van der Waals surface area contributed by atoms with Gasteiger partial charge in [0.15, 0.2) is 5.84 Å². The summed E-state index contributed by atoms with van der Waals surface area (Å²) in [5.41, 5.74) is 6.53. The first-order valence-corrected chi connectivity index (χ1v) is 6.07. The molecule has 1 aromatic rings. The van der Waals surface area contributed by atoms with Gasteiger partial charge in [-0.05, 0) is 24.6 Å². The first-order valence-electron chi connectivity index (χ1n) is 6.07. The Balaban J connectivity index is 2.77. The molecule has 0 unspecified atom stereocenters. The minimum Gasteiger partial charge on any atom is -0.495 e. The third-order valence-electron chi connectivity index (χ3n) is 2.63. The van der Waals surface area contributed by atoms with Gasteiger partial charge in [0, 0.05) is 25.7 Å². The minimum absolute atomic E-state index is 0.0266.